The van der Waals surface area contributed by atoms with Crippen LogP contribution in [0.4, 0.5) is 0 Å². The molecular formula is C19H28N4O3. The van der Waals surface area contributed by atoms with Gasteiger partial charge < -0.3 is 9.80 Å². The molecule has 1 atom stereocenters. The molecule has 3 rings (SSSR count). The summed E-state index contributed by atoms with van der Waals surface area (Å²) in [6.07, 6.45) is 8.55. The van der Waals surface area contributed by atoms with E-state index in [1.54, 1.807) is 12.3 Å². The summed E-state index contributed by atoms with van der Waals surface area (Å²) in [6, 6.07) is 1.66. The van der Waals surface area contributed by atoms with Crippen molar-refractivity contribution in [2.45, 2.75) is 52.0 Å². The highest BCUT2D eigenvalue weighted by Gasteiger charge is 2.42. The van der Waals surface area contributed by atoms with Crippen molar-refractivity contribution >= 4 is 11.8 Å². The smallest absolute Gasteiger partial charge is 0.342 e. The highest BCUT2D eigenvalue weighted by atomic mass is 16.2. The normalized spacial score (nSPS) is 23.5. The molecule has 2 aliphatic heterocycles. The SMILES string of the molecule is CCCCN1C[C@@]2(CCCN(C(=O)Cn3cccnc3=O)C2)CCC1=O. The fourth-order valence-corrected chi connectivity index (χ4v) is 4.16. The van der Waals surface area contributed by atoms with E-state index in [0.29, 0.717) is 13.0 Å². The van der Waals surface area contributed by atoms with Crippen molar-refractivity contribution < 1.29 is 9.59 Å². The zero-order chi connectivity index (χ0) is 18.6. The van der Waals surface area contributed by atoms with Crippen LogP contribution in [0, 0.1) is 5.41 Å². The van der Waals surface area contributed by atoms with Gasteiger partial charge in [-0.3, -0.25) is 14.2 Å². The van der Waals surface area contributed by atoms with E-state index in [2.05, 4.69) is 11.9 Å². The molecule has 0 radical (unpaired) electrons. The van der Waals surface area contributed by atoms with Crippen LogP contribution in [0.5, 0.6) is 0 Å². The molecule has 0 unspecified atom stereocenters. The highest BCUT2D eigenvalue weighted by Crippen LogP contribution is 2.39. The first-order valence-electron chi connectivity index (χ1n) is 9.60. The van der Waals surface area contributed by atoms with Gasteiger partial charge in [-0.15, -0.1) is 0 Å². The molecule has 0 aliphatic carbocycles. The van der Waals surface area contributed by atoms with Crippen LogP contribution in [0.15, 0.2) is 23.3 Å². The molecule has 1 aromatic rings. The molecule has 7 heteroatoms. The fraction of sp³-hybridized carbons (Fsp3) is 0.684. The third-order valence-corrected chi connectivity index (χ3v) is 5.63. The summed E-state index contributed by atoms with van der Waals surface area (Å²) in [7, 11) is 0. The van der Waals surface area contributed by atoms with E-state index in [4.69, 9.17) is 0 Å². The van der Waals surface area contributed by atoms with E-state index in [9.17, 15) is 14.4 Å². The average molecular weight is 360 g/mol. The number of likely N-dealkylation sites (tertiary alicyclic amines) is 2. The second-order valence-electron chi connectivity index (χ2n) is 7.62. The lowest BCUT2D eigenvalue weighted by molar-refractivity contribution is -0.143. The van der Waals surface area contributed by atoms with E-state index in [0.717, 1.165) is 51.7 Å². The number of carbonyl (C=O) groups is 2. The van der Waals surface area contributed by atoms with Crippen molar-refractivity contribution in [3.05, 3.63) is 28.9 Å². The molecule has 7 nitrogen and oxygen atoms in total. The largest absolute Gasteiger partial charge is 0.347 e. The van der Waals surface area contributed by atoms with Crippen LogP contribution >= 0.6 is 0 Å². The number of carbonyl (C=O) groups excluding carboxylic acids is 2. The predicted molar refractivity (Wildman–Crippen MR) is 97.5 cm³/mol. The molecule has 0 aromatic carbocycles. The van der Waals surface area contributed by atoms with Gasteiger partial charge in [-0.25, -0.2) is 9.78 Å². The number of unbranched alkanes of at least 4 members (excludes halogenated alkanes) is 1. The topological polar surface area (TPSA) is 75.5 Å². The van der Waals surface area contributed by atoms with Crippen molar-refractivity contribution in [1.29, 1.82) is 0 Å². The Morgan fingerprint density at radius 1 is 1.27 bits per heavy atom. The summed E-state index contributed by atoms with van der Waals surface area (Å²) < 4.78 is 1.35. The van der Waals surface area contributed by atoms with E-state index in [1.165, 1.54) is 10.8 Å². The van der Waals surface area contributed by atoms with Crippen LogP contribution in [0.2, 0.25) is 0 Å². The molecule has 2 amide bonds. The van der Waals surface area contributed by atoms with Crippen LogP contribution in [0.3, 0.4) is 0 Å². The lowest BCUT2D eigenvalue weighted by Crippen LogP contribution is -2.55. The van der Waals surface area contributed by atoms with Gasteiger partial charge in [-0.2, -0.15) is 0 Å². The fourth-order valence-electron chi connectivity index (χ4n) is 4.16. The summed E-state index contributed by atoms with van der Waals surface area (Å²) >= 11 is 0. The van der Waals surface area contributed by atoms with Gasteiger partial charge in [0.25, 0.3) is 0 Å². The molecule has 1 spiro atoms. The first-order valence-corrected chi connectivity index (χ1v) is 9.60. The maximum atomic E-state index is 12.7. The lowest BCUT2D eigenvalue weighted by Gasteiger charge is -2.48. The number of aromatic nitrogens is 2. The number of hydrogen-bond acceptors (Lipinski definition) is 4. The average Bonchev–Trinajstić information content (AvgIpc) is 2.65. The first-order chi connectivity index (χ1) is 12.5. The Hall–Kier alpha value is -2.18. The van der Waals surface area contributed by atoms with Gasteiger partial charge in [-0.1, -0.05) is 13.3 Å². The van der Waals surface area contributed by atoms with Gasteiger partial charge in [0.1, 0.15) is 6.54 Å². The van der Waals surface area contributed by atoms with Gasteiger partial charge in [0, 0.05) is 50.4 Å². The summed E-state index contributed by atoms with van der Waals surface area (Å²) in [5.41, 5.74) is -0.392. The molecule has 0 bridgehead atoms. The second-order valence-corrected chi connectivity index (χ2v) is 7.62. The van der Waals surface area contributed by atoms with Crippen molar-refractivity contribution in [3.8, 4) is 0 Å². The second kappa shape index (κ2) is 8.01. The number of rotatable bonds is 5. The standard InChI is InChI=1S/C19H28N4O3/c1-2-3-10-22-14-19(8-6-16(22)24)7-4-11-23(15-19)17(25)13-21-12-5-9-20-18(21)26/h5,9,12H,2-4,6-8,10-11,13-15H2,1H3/t19-/m1/s1. The molecule has 1 aromatic heterocycles. The van der Waals surface area contributed by atoms with Crippen LogP contribution in [0.25, 0.3) is 0 Å². The minimum absolute atomic E-state index is 0.00939. The molecule has 0 N–H and O–H groups in total. The van der Waals surface area contributed by atoms with Gasteiger partial charge in [0.15, 0.2) is 0 Å². The van der Waals surface area contributed by atoms with Crippen LogP contribution in [-0.2, 0) is 16.1 Å². The Morgan fingerprint density at radius 2 is 2.12 bits per heavy atom. The molecular weight excluding hydrogens is 332 g/mol. The zero-order valence-corrected chi connectivity index (χ0v) is 15.5. The summed E-state index contributed by atoms with van der Waals surface area (Å²) in [5.74, 6) is 0.200. The highest BCUT2D eigenvalue weighted by molar-refractivity contribution is 5.78. The Kier molecular flexibility index (Phi) is 5.74. The van der Waals surface area contributed by atoms with Gasteiger partial charge >= 0.3 is 5.69 Å². The van der Waals surface area contributed by atoms with Crippen LogP contribution in [0.1, 0.15) is 45.4 Å². The van der Waals surface area contributed by atoms with Gasteiger partial charge in [0.05, 0.1) is 0 Å². The molecule has 2 saturated heterocycles. The Morgan fingerprint density at radius 3 is 2.88 bits per heavy atom. The zero-order valence-electron chi connectivity index (χ0n) is 15.5. The van der Waals surface area contributed by atoms with Crippen LogP contribution < -0.4 is 5.69 Å². The molecule has 0 saturated carbocycles. The monoisotopic (exact) mass is 360 g/mol. The molecule has 2 aliphatic rings. The third kappa shape index (κ3) is 4.14. The minimum Gasteiger partial charge on any atom is -0.342 e. The number of piperidine rings is 2. The van der Waals surface area contributed by atoms with Crippen molar-refractivity contribution in [3.63, 3.8) is 0 Å². The molecule has 26 heavy (non-hydrogen) atoms. The van der Waals surface area contributed by atoms with E-state index in [-0.39, 0.29) is 23.8 Å². The Bertz CT molecular complexity index is 717. The van der Waals surface area contributed by atoms with E-state index >= 15 is 0 Å². The van der Waals surface area contributed by atoms with E-state index < -0.39 is 5.69 Å². The van der Waals surface area contributed by atoms with Gasteiger partial charge in [0.2, 0.25) is 11.8 Å². The van der Waals surface area contributed by atoms with Crippen LogP contribution in [-0.4, -0.2) is 57.3 Å². The van der Waals surface area contributed by atoms with Crippen molar-refractivity contribution in [2.75, 3.05) is 26.2 Å². The lowest BCUT2D eigenvalue weighted by atomic mass is 9.73. The summed E-state index contributed by atoms with van der Waals surface area (Å²) in [4.78, 5) is 44.3. The first kappa shape index (κ1) is 18.6. The summed E-state index contributed by atoms with van der Waals surface area (Å²) in [6.45, 7) is 5.13. The summed E-state index contributed by atoms with van der Waals surface area (Å²) in [5, 5.41) is 0. The number of hydrogen-bond donors (Lipinski definition) is 0. The van der Waals surface area contributed by atoms with Crippen molar-refractivity contribution in [2.24, 2.45) is 5.41 Å². The Balaban J connectivity index is 1.66. The molecule has 2 fully saturated rings. The quantitative estimate of drug-likeness (QED) is 0.793. The number of amides is 2. The van der Waals surface area contributed by atoms with Crippen molar-refractivity contribution in [1.82, 2.24) is 19.4 Å². The van der Waals surface area contributed by atoms with Gasteiger partial charge in [-0.05, 0) is 31.7 Å². The predicted octanol–water partition coefficient (Wildman–Crippen LogP) is 1.27. The number of nitrogens with zero attached hydrogens (tertiary/aromatic N) is 4. The maximum Gasteiger partial charge on any atom is 0.347 e. The Labute approximate surface area is 154 Å². The third-order valence-electron chi connectivity index (χ3n) is 5.63. The molecule has 142 valence electrons. The van der Waals surface area contributed by atoms with E-state index in [1.807, 2.05) is 9.80 Å². The molecule has 3 heterocycles. The maximum absolute atomic E-state index is 12.7. The minimum atomic E-state index is -0.401.